The molecule has 0 aliphatic carbocycles. The molecule has 1 heterocycles. The lowest BCUT2D eigenvalue weighted by Gasteiger charge is -2.10. The third-order valence-corrected chi connectivity index (χ3v) is 2.94. The first-order chi connectivity index (χ1) is 9.54. The number of aromatic nitrogens is 1. The largest absolute Gasteiger partial charge is 0.481 e. The highest BCUT2D eigenvalue weighted by molar-refractivity contribution is 5.93. The summed E-state index contributed by atoms with van der Waals surface area (Å²) >= 11 is 0. The number of hydrogen-bond acceptors (Lipinski definition) is 3. The number of carbonyl (C=O) groups is 2. The summed E-state index contributed by atoms with van der Waals surface area (Å²) < 4.78 is 0. The first-order valence-corrected chi connectivity index (χ1v) is 6.41. The average Bonchev–Trinajstić information content (AvgIpc) is 2.37. The Morgan fingerprint density at radius 2 is 2.10 bits per heavy atom. The van der Waals surface area contributed by atoms with Crippen LogP contribution >= 0.6 is 0 Å². The molecule has 0 saturated carbocycles. The first-order valence-electron chi connectivity index (χ1n) is 6.41. The quantitative estimate of drug-likeness (QED) is 0.877. The fourth-order valence-corrected chi connectivity index (χ4v) is 2.05. The normalized spacial score (nSPS) is 12.1. The van der Waals surface area contributed by atoms with Crippen LogP contribution < -0.4 is 5.32 Å². The lowest BCUT2D eigenvalue weighted by atomic mass is 10.0. The van der Waals surface area contributed by atoms with Gasteiger partial charge in [0.1, 0.15) is 0 Å². The Balaban J connectivity index is 2.00. The number of nitrogens with one attached hydrogen (secondary N) is 1. The van der Waals surface area contributed by atoms with Crippen LogP contribution in [0, 0.1) is 5.92 Å². The Labute approximate surface area is 116 Å². The number of amides is 1. The van der Waals surface area contributed by atoms with Gasteiger partial charge in [0.2, 0.25) is 5.91 Å². The van der Waals surface area contributed by atoms with E-state index in [1.165, 1.54) is 0 Å². The maximum absolute atomic E-state index is 11.8. The van der Waals surface area contributed by atoms with Crippen molar-refractivity contribution in [2.75, 3.05) is 5.32 Å². The molecule has 0 aliphatic heterocycles. The monoisotopic (exact) mass is 272 g/mol. The van der Waals surface area contributed by atoms with Gasteiger partial charge in [-0.05, 0) is 30.2 Å². The van der Waals surface area contributed by atoms with E-state index in [1.807, 2.05) is 24.3 Å². The zero-order valence-corrected chi connectivity index (χ0v) is 11.2. The van der Waals surface area contributed by atoms with Gasteiger partial charge in [0, 0.05) is 30.1 Å². The summed E-state index contributed by atoms with van der Waals surface area (Å²) in [7, 11) is 0. The van der Waals surface area contributed by atoms with Crippen LogP contribution in [0.3, 0.4) is 0 Å². The van der Waals surface area contributed by atoms with Crippen molar-refractivity contribution >= 4 is 28.5 Å². The van der Waals surface area contributed by atoms with Crippen molar-refractivity contribution in [2.24, 2.45) is 5.92 Å². The molecule has 0 fully saturated rings. The van der Waals surface area contributed by atoms with Gasteiger partial charge in [0.25, 0.3) is 0 Å². The number of carbonyl (C=O) groups excluding carboxylic acids is 1. The summed E-state index contributed by atoms with van der Waals surface area (Å²) in [6.07, 6.45) is 1.90. The average molecular weight is 272 g/mol. The third kappa shape index (κ3) is 3.78. The molecule has 1 aromatic heterocycles. The Morgan fingerprint density at radius 3 is 2.85 bits per heavy atom. The van der Waals surface area contributed by atoms with E-state index < -0.39 is 5.97 Å². The number of anilines is 1. The van der Waals surface area contributed by atoms with Crippen LogP contribution in [0.5, 0.6) is 0 Å². The Morgan fingerprint density at radius 1 is 1.30 bits per heavy atom. The van der Waals surface area contributed by atoms with Crippen LogP contribution in [0.25, 0.3) is 10.9 Å². The summed E-state index contributed by atoms with van der Waals surface area (Å²) in [4.78, 5) is 26.6. The molecule has 20 heavy (non-hydrogen) atoms. The number of benzene rings is 1. The van der Waals surface area contributed by atoms with E-state index in [1.54, 1.807) is 19.2 Å². The Hall–Kier alpha value is -2.43. The number of nitrogens with zero attached hydrogens (tertiary/aromatic N) is 1. The number of aliphatic carboxylic acids is 1. The number of rotatable bonds is 5. The molecule has 1 unspecified atom stereocenters. The van der Waals surface area contributed by atoms with Crippen LogP contribution in [-0.2, 0) is 9.59 Å². The third-order valence-electron chi connectivity index (χ3n) is 2.94. The van der Waals surface area contributed by atoms with Gasteiger partial charge in [-0.2, -0.15) is 0 Å². The fraction of sp³-hybridized carbons (Fsp3) is 0.267. The zero-order valence-electron chi connectivity index (χ0n) is 11.2. The maximum atomic E-state index is 11.8. The Bertz CT molecular complexity index is 640. The van der Waals surface area contributed by atoms with E-state index in [9.17, 15) is 9.59 Å². The highest BCUT2D eigenvalue weighted by Crippen LogP contribution is 2.18. The van der Waals surface area contributed by atoms with Gasteiger partial charge in [0.15, 0.2) is 0 Å². The van der Waals surface area contributed by atoms with Crippen LogP contribution in [0.15, 0.2) is 36.5 Å². The molecular weight excluding hydrogens is 256 g/mol. The highest BCUT2D eigenvalue weighted by atomic mass is 16.4. The molecule has 5 heteroatoms. The molecular formula is C15H16N2O3. The second-order valence-electron chi connectivity index (χ2n) is 4.87. The molecule has 0 spiro atoms. The second-order valence-corrected chi connectivity index (χ2v) is 4.87. The van der Waals surface area contributed by atoms with Crippen molar-refractivity contribution in [2.45, 2.75) is 19.8 Å². The zero-order chi connectivity index (χ0) is 14.5. The number of pyridine rings is 1. The van der Waals surface area contributed by atoms with Crippen molar-refractivity contribution in [3.05, 3.63) is 36.5 Å². The fourth-order valence-electron chi connectivity index (χ4n) is 2.05. The SMILES string of the molecule is CC(CC(=O)O)CC(=O)Nc1ccc2ncccc2c1. The number of fused-ring (bicyclic) bond motifs is 1. The van der Waals surface area contributed by atoms with Crippen molar-refractivity contribution in [3.8, 4) is 0 Å². The summed E-state index contributed by atoms with van der Waals surface area (Å²) in [5.41, 5.74) is 1.56. The predicted molar refractivity (Wildman–Crippen MR) is 76.4 cm³/mol. The Kier molecular flexibility index (Phi) is 4.30. The highest BCUT2D eigenvalue weighted by Gasteiger charge is 2.12. The molecule has 2 rings (SSSR count). The minimum Gasteiger partial charge on any atom is -0.481 e. The van der Waals surface area contributed by atoms with Gasteiger partial charge in [-0.1, -0.05) is 13.0 Å². The van der Waals surface area contributed by atoms with Crippen molar-refractivity contribution in [1.82, 2.24) is 4.98 Å². The number of hydrogen-bond donors (Lipinski definition) is 2. The standard InChI is InChI=1S/C15H16N2O3/c1-10(8-15(19)20)7-14(18)17-12-4-5-13-11(9-12)3-2-6-16-13/h2-6,9-10H,7-8H2,1H3,(H,17,18)(H,19,20). The summed E-state index contributed by atoms with van der Waals surface area (Å²) in [6, 6.07) is 9.23. The van der Waals surface area contributed by atoms with Crippen molar-refractivity contribution in [1.29, 1.82) is 0 Å². The van der Waals surface area contributed by atoms with Crippen LogP contribution in [0.1, 0.15) is 19.8 Å². The molecule has 0 saturated heterocycles. The smallest absolute Gasteiger partial charge is 0.303 e. The van der Waals surface area contributed by atoms with E-state index in [-0.39, 0.29) is 24.7 Å². The molecule has 1 atom stereocenters. The minimum atomic E-state index is -0.887. The van der Waals surface area contributed by atoms with E-state index in [0.29, 0.717) is 5.69 Å². The van der Waals surface area contributed by atoms with Crippen molar-refractivity contribution in [3.63, 3.8) is 0 Å². The van der Waals surface area contributed by atoms with E-state index in [4.69, 9.17) is 5.11 Å². The second kappa shape index (κ2) is 6.14. The van der Waals surface area contributed by atoms with Gasteiger partial charge in [-0.25, -0.2) is 0 Å². The lowest BCUT2D eigenvalue weighted by molar-refractivity contribution is -0.138. The van der Waals surface area contributed by atoms with E-state index >= 15 is 0 Å². The first kappa shape index (κ1) is 14.0. The van der Waals surface area contributed by atoms with Gasteiger partial charge < -0.3 is 10.4 Å². The summed E-state index contributed by atoms with van der Waals surface area (Å²) in [5, 5.41) is 12.4. The molecule has 5 nitrogen and oxygen atoms in total. The topological polar surface area (TPSA) is 79.3 Å². The molecule has 0 radical (unpaired) electrons. The van der Waals surface area contributed by atoms with Gasteiger partial charge in [0.05, 0.1) is 5.52 Å². The summed E-state index contributed by atoms with van der Waals surface area (Å²) in [5.74, 6) is -1.25. The molecule has 104 valence electrons. The van der Waals surface area contributed by atoms with E-state index in [2.05, 4.69) is 10.3 Å². The molecule has 1 amide bonds. The van der Waals surface area contributed by atoms with Crippen molar-refractivity contribution < 1.29 is 14.7 Å². The number of carboxylic acid groups (broad SMARTS) is 1. The van der Waals surface area contributed by atoms with Crippen LogP contribution in [0.2, 0.25) is 0 Å². The lowest BCUT2D eigenvalue weighted by Crippen LogP contribution is -2.16. The molecule has 2 aromatic rings. The number of carboxylic acids is 1. The van der Waals surface area contributed by atoms with E-state index in [0.717, 1.165) is 10.9 Å². The van der Waals surface area contributed by atoms with Crippen LogP contribution in [0.4, 0.5) is 5.69 Å². The molecule has 0 bridgehead atoms. The molecule has 2 N–H and O–H groups in total. The van der Waals surface area contributed by atoms with Gasteiger partial charge >= 0.3 is 5.97 Å². The molecule has 0 aliphatic rings. The van der Waals surface area contributed by atoms with Gasteiger partial charge in [-0.3, -0.25) is 14.6 Å². The van der Waals surface area contributed by atoms with Crippen LogP contribution in [-0.4, -0.2) is 22.0 Å². The maximum Gasteiger partial charge on any atom is 0.303 e. The predicted octanol–water partition coefficient (Wildman–Crippen LogP) is 2.67. The summed E-state index contributed by atoms with van der Waals surface area (Å²) in [6.45, 7) is 1.75. The molecule has 1 aromatic carbocycles. The minimum absolute atomic E-state index is 0.00490. The van der Waals surface area contributed by atoms with Gasteiger partial charge in [-0.15, -0.1) is 0 Å².